The number of carbonyl (C=O) groups is 2. The molecule has 0 unspecified atom stereocenters. The third-order valence-electron chi connectivity index (χ3n) is 2.01. The predicted molar refractivity (Wildman–Crippen MR) is 59.3 cm³/mol. The summed E-state index contributed by atoms with van der Waals surface area (Å²) >= 11 is 0. The van der Waals surface area contributed by atoms with Crippen molar-refractivity contribution in [1.29, 1.82) is 0 Å². The summed E-state index contributed by atoms with van der Waals surface area (Å²) in [7, 11) is 0. The molecule has 0 aliphatic rings. The van der Waals surface area contributed by atoms with Crippen molar-refractivity contribution in [3.05, 3.63) is 29.1 Å². The largest absolute Gasteiger partial charge is 0.466 e. The number of carbonyl (C=O) groups excluding carboxylic acids is 2. The van der Waals surface area contributed by atoms with Crippen LogP contribution < -0.4 is 0 Å². The summed E-state index contributed by atoms with van der Waals surface area (Å²) in [6.45, 7) is 5.63. The molecule has 4 heteroatoms. The van der Waals surface area contributed by atoms with E-state index < -0.39 is 5.97 Å². The lowest BCUT2D eigenvalue weighted by Gasteiger charge is -2.03. The van der Waals surface area contributed by atoms with Gasteiger partial charge in [-0.1, -0.05) is 0 Å². The van der Waals surface area contributed by atoms with Crippen LogP contribution in [0.4, 0.5) is 0 Å². The molecule has 0 saturated heterocycles. The van der Waals surface area contributed by atoms with Gasteiger partial charge in [-0.25, -0.2) is 0 Å². The maximum Gasteiger partial charge on any atom is 0.313 e. The first-order valence-corrected chi connectivity index (χ1v) is 5.17. The Hall–Kier alpha value is -1.71. The third kappa shape index (κ3) is 3.46. The Labute approximate surface area is 94.6 Å². The molecule has 1 aromatic rings. The first-order chi connectivity index (χ1) is 7.52. The van der Waals surface area contributed by atoms with E-state index in [1.165, 1.54) is 0 Å². The van der Waals surface area contributed by atoms with Gasteiger partial charge in [-0.15, -0.1) is 0 Å². The van der Waals surface area contributed by atoms with Gasteiger partial charge in [0.15, 0.2) is 5.78 Å². The topological polar surface area (TPSA) is 56.3 Å². The molecular weight excluding hydrogens is 206 g/mol. The number of hydrogen-bond acceptors (Lipinski definition) is 4. The van der Waals surface area contributed by atoms with Crippen LogP contribution in [0.15, 0.2) is 12.1 Å². The summed E-state index contributed by atoms with van der Waals surface area (Å²) in [5, 5.41) is 0. The lowest BCUT2D eigenvalue weighted by atomic mass is 10.1. The second-order valence-corrected chi connectivity index (χ2v) is 3.54. The van der Waals surface area contributed by atoms with Gasteiger partial charge in [-0.2, -0.15) is 0 Å². The van der Waals surface area contributed by atoms with E-state index in [1.54, 1.807) is 19.1 Å². The molecule has 16 heavy (non-hydrogen) atoms. The minimum absolute atomic E-state index is 0.212. The molecule has 1 aromatic heterocycles. The number of rotatable bonds is 4. The second-order valence-electron chi connectivity index (χ2n) is 3.54. The van der Waals surface area contributed by atoms with E-state index in [0.29, 0.717) is 12.2 Å². The van der Waals surface area contributed by atoms with E-state index in [9.17, 15) is 9.59 Å². The zero-order valence-corrected chi connectivity index (χ0v) is 9.74. The molecule has 0 fully saturated rings. The standard InChI is InChI=1S/C12H15NO3/c1-4-16-12(15)7-11(14)10-5-8(2)13-9(3)6-10/h5-6H,4,7H2,1-3H3. The van der Waals surface area contributed by atoms with Crippen LogP contribution in [-0.2, 0) is 9.53 Å². The molecule has 0 bridgehead atoms. The van der Waals surface area contributed by atoms with Gasteiger partial charge in [0.05, 0.1) is 6.61 Å². The molecule has 0 N–H and O–H groups in total. The Balaban J connectivity index is 2.76. The molecule has 86 valence electrons. The van der Waals surface area contributed by atoms with Crippen molar-refractivity contribution in [2.24, 2.45) is 0 Å². The fourth-order valence-electron chi connectivity index (χ4n) is 1.44. The highest BCUT2D eigenvalue weighted by atomic mass is 16.5. The number of ketones is 1. The van der Waals surface area contributed by atoms with E-state index in [2.05, 4.69) is 4.98 Å². The Kier molecular flexibility index (Phi) is 4.17. The fourth-order valence-corrected chi connectivity index (χ4v) is 1.44. The molecule has 0 aliphatic carbocycles. The van der Waals surface area contributed by atoms with Crippen molar-refractivity contribution < 1.29 is 14.3 Å². The highest BCUT2D eigenvalue weighted by Crippen LogP contribution is 2.08. The van der Waals surface area contributed by atoms with Crippen LogP contribution in [0.5, 0.6) is 0 Å². The summed E-state index contributed by atoms with van der Waals surface area (Å²) in [4.78, 5) is 27.0. The molecule has 0 aromatic carbocycles. The highest BCUT2D eigenvalue weighted by Gasteiger charge is 2.13. The number of hydrogen-bond donors (Lipinski definition) is 0. The number of aromatic nitrogens is 1. The number of Topliss-reactive ketones (excluding diaryl/α,β-unsaturated/α-hetero) is 1. The van der Waals surface area contributed by atoms with Gasteiger partial charge in [-0.05, 0) is 32.9 Å². The summed E-state index contributed by atoms with van der Waals surface area (Å²) in [5.41, 5.74) is 2.05. The fraction of sp³-hybridized carbons (Fsp3) is 0.417. The van der Waals surface area contributed by atoms with E-state index in [-0.39, 0.29) is 12.2 Å². The SMILES string of the molecule is CCOC(=O)CC(=O)c1cc(C)nc(C)c1. The van der Waals surface area contributed by atoms with Gasteiger partial charge in [-0.3, -0.25) is 14.6 Å². The smallest absolute Gasteiger partial charge is 0.313 e. The molecule has 1 rings (SSSR count). The van der Waals surface area contributed by atoms with Gasteiger partial charge in [0.2, 0.25) is 0 Å². The van der Waals surface area contributed by atoms with Crippen molar-refractivity contribution >= 4 is 11.8 Å². The van der Waals surface area contributed by atoms with Crippen molar-refractivity contribution in [1.82, 2.24) is 4.98 Å². The van der Waals surface area contributed by atoms with Crippen LogP contribution >= 0.6 is 0 Å². The number of esters is 1. The summed E-state index contributed by atoms with van der Waals surface area (Å²) < 4.78 is 4.72. The Bertz CT molecular complexity index is 392. The van der Waals surface area contributed by atoms with Gasteiger partial charge >= 0.3 is 5.97 Å². The number of ether oxygens (including phenoxy) is 1. The second kappa shape index (κ2) is 5.39. The zero-order chi connectivity index (χ0) is 12.1. The molecular formula is C12H15NO3. The maximum absolute atomic E-state index is 11.7. The van der Waals surface area contributed by atoms with E-state index in [4.69, 9.17) is 4.74 Å². The van der Waals surface area contributed by atoms with Crippen molar-refractivity contribution in [3.63, 3.8) is 0 Å². The predicted octanol–water partition coefficient (Wildman–Crippen LogP) is 1.83. The average Bonchev–Trinajstić information content (AvgIpc) is 2.16. The summed E-state index contributed by atoms with van der Waals surface area (Å²) in [6.07, 6.45) is -0.212. The monoisotopic (exact) mass is 221 g/mol. The Morgan fingerprint density at radius 1 is 1.25 bits per heavy atom. The Morgan fingerprint density at radius 2 is 1.81 bits per heavy atom. The van der Waals surface area contributed by atoms with E-state index >= 15 is 0 Å². The molecule has 4 nitrogen and oxygen atoms in total. The number of nitrogens with zero attached hydrogens (tertiary/aromatic N) is 1. The minimum Gasteiger partial charge on any atom is -0.466 e. The summed E-state index contributed by atoms with van der Waals surface area (Å²) in [6, 6.07) is 3.35. The number of pyridine rings is 1. The third-order valence-corrected chi connectivity index (χ3v) is 2.01. The molecule has 0 atom stereocenters. The Morgan fingerprint density at radius 3 is 2.31 bits per heavy atom. The molecule has 0 amide bonds. The van der Waals surface area contributed by atoms with Crippen molar-refractivity contribution in [2.75, 3.05) is 6.61 Å². The van der Waals surface area contributed by atoms with Crippen LogP contribution in [0.3, 0.4) is 0 Å². The molecule has 0 aliphatic heterocycles. The van der Waals surface area contributed by atoms with Gasteiger partial charge < -0.3 is 4.74 Å². The van der Waals surface area contributed by atoms with Gasteiger partial charge in [0, 0.05) is 17.0 Å². The van der Waals surface area contributed by atoms with Crippen molar-refractivity contribution in [3.8, 4) is 0 Å². The average molecular weight is 221 g/mol. The summed E-state index contributed by atoms with van der Waals surface area (Å²) in [5.74, 6) is -0.716. The van der Waals surface area contributed by atoms with Crippen molar-refractivity contribution in [2.45, 2.75) is 27.2 Å². The van der Waals surface area contributed by atoms with Crippen LogP contribution in [0.25, 0.3) is 0 Å². The molecule has 1 heterocycles. The lowest BCUT2D eigenvalue weighted by molar-refractivity contribution is -0.141. The van der Waals surface area contributed by atoms with E-state index in [1.807, 2.05) is 13.8 Å². The van der Waals surface area contributed by atoms with Crippen LogP contribution in [0, 0.1) is 13.8 Å². The number of aryl methyl sites for hydroxylation is 2. The van der Waals surface area contributed by atoms with Crippen LogP contribution in [0.2, 0.25) is 0 Å². The van der Waals surface area contributed by atoms with E-state index in [0.717, 1.165) is 11.4 Å². The molecule has 0 spiro atoms. The normalized spacial score (nSPS) is 9.94. The van der Waals surface area contributed by atoms with Crippen LogP contribution in [-0.4, -0.2) is 23.3 Å². The van der Waals surface area contributed by atoms with Crippen LogP contribution in [0.1, 0.15) is 35.1 Å². The first kappa shape index (κ1) is 12.4. The molecule has 0 radical (unpaired) electrons. The molecule has 0 saturated carbocycles. The quantitative estimate of drug-likeness (QED) is 0.442. The lowest BCUT2D eigenvalue weighted by Crippen LogP contribution is -2.12. The van der Waals surface area contributed by atoms with Gasteiger partial charge in [0.1, 0.15) is 6.42 Å². The highest BCUT2D eigenvalue weighted by molar-refractivity contribution is 6.06. The first-order valence-electron chi connectivity index (χ1n) is 5.17. The maximum atomic E-state index is 11.7. The van der Waals surface area contributed by atoms with Gasteiger partial charge in [0.25, 0.3) is 0 Å². The zero-order valence-electron chi connectivity index (χ0n) is 9.74. The minimum atomic E-state index is -0.486.